The highest BCUT2D eigenvalue weighted by Crippen LogP contribution is 2.27. The van der Waals surface area contributed by atoms with Crippen molar-refractivity contribution >= 4 is 5.69 Å². The molecule has 20 heavy (non-hydrogen) atoms. The summed E-state index contributed by atoms with van der Waals surface area (Å²) in [5.74, 6) is 0. The third-order valence-corrected chi connectivity index (χ3v) is 3.70. The second-order valence-electron chi connectivity index (χ2n) is 7.27. The van der Waals surface area contributed by atoms with Crippen LogP contribution in [0.4, 0.5) is 5.69 Å². The van der Waals surface area contributed by atoms with E-state index in [9.17, 15) is 5.11 Å². The zero-order valence-electron chi connectivity index (χ0n) is 14.0. The molecule has 0 saturated heterocycles. The molecule has 0 heterocycles. The molecule has 0 radical (unpaired) electrons. The molecular weight excluding hydrogens is 248 g/mol. The van der Waals surface area contributed by atoms with Gasteiger partial charge in [-0.05, 0) is 53.2 Å². The molecule has 0 aliphatic carbocycles. The van der Waals surface area contributed by atoms with E-state index in [0.717, 1.165) is 6.54 Å². The summed E-state index contributed by atoms with van der Waals surface area (Å²) >= 11 is 0. The molecule has 0 saturated carbocycles. The second-order valence-corrected chi connectivity index (χ2v) is 7.27. The zero-order chi connectivity index (χ0) is 15.6. The third kappa shape index (κ3) is 4.50. The van der Waals surface area contributed by atoms with Crippen molar-refractivity contribution in [1.82, 2.24) is 5.32 Å². The zero-order valence-corrected chi connectivity index (χ0v) is 14.0. The number of rotatable bonds is 5. The number of aryl methyl sites for hydroxylation is 1. The van der Waals surface area contributed by atoms with Crippen LogP contribution in [-0.2, 0) is 6.54 Å². The molecule has 1 aromatic rings. The predicted molar refractivity (Wildman–Crippen MR) is 87.3 cm³/mol. The lowest BCUT2D eigenvalue weighted by atomic mass is 10.00. The van der Waals surface area contributed by atoms with E-state index >= 15 is 0 Å². The molecule has 2 N–H and O–H groups in total. The van der Waals surface area contributed by atoms with Crippen LogP contribution in [0, 0.1) is 6.92 Å². The van der Waals surface area contributed by atoms with Crippen molar-refractivity contribution < 1.29 is 5.11 Å². The van der Waals surface area contributed by atoms with Crippen LogP contribution in [0.1, 0.15) is 45.7 Å². The quantitative estimate of drug-likeness (QED) is 0.869. The summed E-state index contributed by atoms with van der Waals surface area (Å²) in [5, 5.41) is 13.1. The first kappa shape index (κ1) is 17.0. The fourth-order valence-corrected chi connectivity index (χ4v) is 1.98. The molecule has 0 unspecified atom stereocenters. The summed E-state index contributed by atoms with van der Waals surface area (Å²) in [4.78, 5) is 2.16. The standard InChI is InChI=1S/C17H30N2O/c1-13-8-9-15(19(7)17(5,6)12-20)14(10-13)11-18-16(2,3)4/h8-10,18,20H,11-12H2,1-7H3. The topological polar surface area (TPSA) is 35.5 Å². The predicted octanol–water partition coefficient (Wildman–Crippen LogP) is 3.09. The summed E-state index contributed by atoms with van der Waals surface area (Å²) < 4.78 is 0. The van der Waals surface area contributed by atoms with E-state index in [2.05, 4.69) is 56.1 Å². The Hall–Kier alpha value is -1.06. The van der Waals surface area contributed by atoms with Crippen LogP contribution >= 0.6 is 0 Å². The first-order valence-electron chi connectivity index (χ1n) is 7.26. The van der Waals surface area contributed by atoms with Gasteiger partial charge in [0.1, 0.15) is 0 Å². The molecule has 0 aromatic heterocycles. The number of hydrogen-bond acceptors (Lipinski definition) is 3. The monoisotopic (exact) mass is 278 g/mol. The number of nitrogens with zero attached hydrogens (tertiary/aromatic N) is 1. The van der Waals surface area contributed by atoms with Gasteiger partial charge in [-0.1, -0.05) is 17.7 Å². The van der Waals surface area contributed by atoms with Crippen LogP contribution in [-0.4, -0.2) is 29.8 Å². The fraction of sp³-hybridized carbons (Fsp3) is 0.647. The number of likely N-dealkylation sites (N-methyl/N-ethyl adjacent to an activating group) is 1. The van der Waals surface area contributed by atoms with Crippen LogP contribution < -0.4 is 10.2 Å². The third-order valence-electron chi connectivity index (χ3n) is 3.70. The van der Waals surface area contributed by atoms with E-state index in [1.807, 2.05) is 20.9 Å². The van der Waals surface area contributed by atoms with Gasteiger partial charge in [-0.25, -0.2) is 0 Å². The summed E-state index contributed by atoms with van der Waals surface area (Å²) in [7, 11) is 2.04. The van der Waals surface area contributed by atoms with E-state index in [1.165, 1.54) is 16.8 Å². The normalized spacial score (nSPS) is 12.6. The summed E-state index contributed by atoms with van der Waals surface area (Å²) in [6, 6.07) is 6.49. The molecule has 3 heteroatoms. The van der Waals surface area contributed by atoms with Crippen molar-refractivity contribution in [3.05, 3.63) is 29.3 Å². The lowest BCUT2D eigenvalue weighted by Gasteiger charge is -2.37. The molecule has 114 valence electrons. The number of nitrogens with one attached hydrogen (secondary N) is 1. The van der Waals surface area contributed by atoms with Crippen LogP contribution in [0.5, 0.6) is 0 Å². The minimum Gasteiger partial charge on any atom is -0.394 e. The molecule has 1 aromatic carbocycles. The highest BCUT2D eigenvalue weighted by Gasteiger charge is 2.24. The Morgan fingerprint density at radius 3 is 2.25 bits per heavy atom. The number of aliphatic hydroxyl groups excluding tert-OH is 1. The molecule has 0 aliphatic rings. The van der Waals surface area contributed by atoms with Gasteiger partial charge >= 0.3 is 0 Å². The van der Waals surface area contributed by atoms with Crippen molar-refractivity contribution in [1.29, 1.82) is 0 Å². The Morgan fingerprint density at radius 2 is 1.75 bits per heavy atom. The molecule has 0 fully saturated rings. The van der Waals surface area contributed by atoms with Crippen LogP contribution in [0.3, 0.4) is 0 Å². The molecule has 0 aliphatic heterocycles. The Bertz CT molecular complexity index is 447. The largest absolute Gasteiger partial charge is 0.394 e. The van der Waals surface area contributed by atoms with Gasteiger partial charge in [0.15, 0.2) is 0 Å². The molecular formula is C17H30N2O. The maximum Gasteiger partial charge on any atom is 0.0658 e. The van der Waals surface area contributed by atoms with Gasteiger partial charge in [0.2, 0.25) is 0 Å². The number of benzene rings is 1. The Kier molecular flexibility index (Phi) is 5.22. The first-order valence-corrected chi connectivity index (χ1v) is 7.26. The summed E-state index contributed by atoms with van der Waals surface area (Å²) in [6.07, 6.45) is 0. The Morgan fingerprint density at radius 1 is 1.15 bits per heavy atom. The van der Waals surface area contributed by atoms with Crippen LogP contribution in [0.2, 0.25) is 0 Å². The van der Waals surface area contributed by atoms with Crippen molar-refractivity contribution in [3.8, 4) is 0 Å². The summed E-state index contributed by atoms with van der Waals surface area (Å²) in [6.45, 7) is 13.7. The van der Waals surface area contributed by atoms with E-state index in [0.29, 0.717) is 0 Å². The van der Waals surface area contributed by atoms with Gasteiger partial charge in [0.05, 0.1) is 12.1 Å². The Labute approximate surface area is 124 Å². The van der Waals surface area contributed by atoms with Gasteiger partial charge in [-0.15, -0.1) is 0 Å². The lowest BCUT2D eigenvalue weighted by Crippen LogP contribution is -2.45. The van der Waals surface area contributed by atoms with Crippen molar-refractivity contribution in [2.75, 3.05) is 18.6 Å². The summed E-state index contributed by atoms with van der Waals surface area (Å²) in [5.41, 5.74) is 3.52. The van der Waals surface area contributed by atoms with Crippen molar-refractivity contribution in [2.24, 2.45) is 0 Å². The van der Waals surface area contributed by atoms with Gasteiger partial charge in [-0.2, -0.15) is 0 Å². The van der Waals surface area contributed by atoms with E-state index in [1.54, 1.807) is 0 Å². The molecule has 3 nitrogen and oxygen atoms in total. The second kappa shape index (κ2) is 6.15. The lowest BCUT2D eigenvalue weighted by molar-refractivity contribution is 0.216. The maximum absolute atomic E-state index is 9.57. The molecule has 0 amide bonds. The molecule has 0 spiro atoms. The van der Waals surface area contributed by atoms with E-state index in [4.69, 9.17) is 0 Å². The fourth-order valence-electron chi connectivity index (χ4n) is 1.98. The van der Waals surface area contributed by atoms with Gasteiger partial charge < -0.3 is 15.3 Å². The average Bonchev–Trinajstić information content (AvgIpc) is 2.35. The minimum absolute atomic E-state index is 0.0894. The molecule has 0 atom stereocenters. The van der Waals surface area contributed by atoms with Gasteiger partial charge in [0, 0.05) is 24.8 Å². The van der Waals surface area contributed by atoms with E-state index < -0.39 is 0 Å². The number of hydrogen-bond donors (Lipinski definition) is 2. The highest BCUT2D eigenvalue weighted by atomic mass is 16.3. The maximum atomic E-state index is 9.57. The average molecular weight is 278 g/mol. The molecule has 1 rings (SSSR count). The number of aliphatic hydroxyl groups is 1. The van der Waals surface area contributed by atoms with E-state index in [-0.39, 0.29) is 17.7 Å². The highest BCUT2D eigenvalue weighted by molar-refractivity contribution is 5.56. The minimum atomic E-state index is -0.272. The van der Waals surface area contributed by atoms with Crippen molar-refractivity contribution in [2.45, 2.75) is 59.2 Å². The smallest absolute Gasteiger partial charge is 0.0658 e. The van der Waals surface area contributed by atoms with Crippen molar-refractivity contribution in [3.63, 3.8) is 0 Å². The SMILES string of the molecule is Cc1ccc(N(C)C(C)(C)CO)c(CNC(C)(C)C)c1. The van der Waals surface area contributed by atoms with Crippen LogP contribution in [0.15, 0.2) is 18.2 Å². The van der Waals surface area contributed by atoms with Crippen LogP contribution in [0.25, 0.3) is 0 Å². The number of anilines is 1. The Balaban J connectivity index is 3.07. The molecule has 0 bridgehead atoms. The van der Waals surface area contributed by atoms with Gasteiger partial charge in [0.25, 0.3) is 0 Å². The first-order chi connectivity index (χ1) is 9.07. The van der Waals surface area contributed by atoms with Gasteiger partial charge in [-0.3, -0.25) is 0 Å².